The molecular weight excluding hydrogens is 276 g/mol. The van der Waals surface area contributed by atoms with Crippen molar-refractivity contribution in [3.8, 4) is 11.5 Å². The van der Waals surface area contributed by atoms with E-state index in [-0.39, 0.29) is 12.5 Å². The number of amides is 2. The van der Waals surface area contributed by atoms with E-state index >= 15 is 0 Å². The average Bonchev–Trinajstić information content (AvgIpc) is 2.44. The van der Waals surface area contributed by atoms with Crippen molar-refractivity contribution in [3.05, 3.63) is 18.2 Å². The Labute approximate surface area is 123 Å². The Morgan fingerprint density at radius 1 is 1.24 bits per heavy atom. The summed E-state index contributed by atoms with van der Waals surface area (Å²) in [6.07, 6.45) is 0.381. The third-order valence-corrected chi connectivity index (χ3v) is 2.81. The van der Waals surface area contributed by atoms with Crippen molar-refractivity contribution < 1.29 is 24.2 Å². The van der Waals surface area contributed by atoms with Gasteiger partial charge in [-0.1, -0.05) is 0 Å². The topological polar surface area (TPSA) is 96.9 Å². The van der Waals surface area contributed by atoms with Gasteiger partial charge in [-0.25, -0.2) is 4.79 Å². The van der Waals surface area contributed by atoms with Gasteiger partial charge in [0.1, 0.15) is 0 Å². The zero-order chi connectivity index (χ0) is 15.8. The monoisotopic (exact) mass is 296 g/mol. The van der Waals surface area contributed by atoms with Gasteiger partial charge in [0.2, 0.25) is 0 Å². The number of hydrogen-bond acceptors (Lipinski definition) is 4. The van der Waals surface area contributed by atoms with Crippen LogP contribution in [0.4, 0.5) is 10.5 Å². The van der Waals surface area contributed by atoms with E-state index < -0.39 is 12.0 Å². The van der Waals surface area contributed by atoms with Gasteiger partial charge in [0, 0.05) is 24.2 Å². The molecule has 0 heterocycles. The second-order valence-electron chi connectivity index (χ2n) is 4.50. The number of hydrogen-bond donors (Lipinski definition) is 3. The Morgan fingerprint density at radius 3 is 2.48 bits per heavy atom. The van der Waals surface area contributed by atoms with Crippen LogP contribution >= 0.6 is 0 Å². The quantitative estimate of drug-likeness (QED) is 0.715. The lowest BCUT2D eigenvalue weighted by Gasteiger charge is -2.14. The Morgan fingerprint density at radius 2 is 1.90 bits per heavy atom. The largest absolute Gasteiger partial charge is 0.493 e. The first kappa shape index (κ1) is 16.6. The van der Waals surface area contributed by atoms with E-state index in [4.69, 9.17) is 14.6 Å². The Hall–Kier alpha value is -2.44. The molecule has 1 aromatic rings. The highest BCUT2D eigenvalue weighted by molar-refractivity contribution is 5.89. The summed E-state index contributed by atoms with van der Waals surface area (Å²) in [6.45, 7) is 1.75. The van der Waals surface area contributed by atoms with Gasteiger partial charge >= 0.3 is 12.0 Å². The number of carbonyl (C=O) groups is 2. The van der Waals surface area contributed by atoms with Gasteiger partial charge in [-0.15, -0.1) is 0 Å². The minimum atomic E-state index is -0.885. The number of carboxylic acids is 1. The summed E-state index contributed by atoms with van der Waals surface area (Å²) in [5, 5.41) is 13.9. The molecule has 0 saturated heterocycles. The fraction of sp³-hybridized carbons (Fsp3) is 0.429. The van der Waals surface area contributed by atoms with Crippen LogP contribution in [-0.4, -0.2) is 37.4 Å². The predicted octanol–water partition coefficient (Wildman–Crippen LogP) is 2.08. The summed E-state index contributed by atoms with van der Waals surface area (Å²) < 4.78 is 10.2. The number of methoxy groups -OCH3 is 2. The number of benzene rings is 1. The highest BCUT2D eigenvalue weighted by atomic mass is 16.5. The molecule has 21 heavy (non-hydrogen) atoms. The molecule has 0 radical (unpaired) electrons. The van der Waals surface area contributed by atoms with E-state index in [1.807, 2.05) is 0 Å². The predicted molar refractivity (Wildman–Crippen MR) is 78.0 cm³/mol. The van der Waals surface area contributed by atoms with Crippen LogP contribution in [0.3, 0.4) is 0 Å². The number of urea groups is 1. The SMILES string of the molecule is COc1ccc(NC(=O)NC(C)CCC(=O)O)cc1OC. The molecule has 1 unspecified atom stereocenters. The summed E-state index contributed by atoms with van der Waals surface area (Å²) >= 11 is 0. The maximum absolute atomic E-state index is 11.8. The Bertz CT molecular complexity index is 504. The zero-order valence-corrected chi connectivity index (χ0v) is 12.3. The van der Waals surface area contributed by atoms with E-state index in [0.29, 0.717) is 23.6 Å². The molecule has 0 aliphatic rings. The molecule has 0 saturated carbocycles. The minimum absolute atomic E-state index is 0.0117. The molecule has 7 nitrogen and oxygen atoms in total. The summed E-state index contributed by atoms with van der Waals surface area (Å²) in [5.41, 5.74) is 0.551. The van der Waals surface area contributed by atoms with Gasteiger partial charge in [-0.05, 0) is 25.5 Å². The van der Waals surface area contributed by atoms with Crippen molar-refractivity contribution in [2.75, 3.05) is 19.5 Å². The van der Waals surface area contributed by atoms with Crippen LogP contribution in [0.2, 0.25) is 0 Å². The molecule has 0 aliphatic carbocycles. The molecule has 0 aliphatic heterocycles. The molecule has 0 bridgehead atoms. The van der Waals surface area contributed by atoms with E-state index in [9.17, 15) is 9.59 Å². The van der Waals surface area contributed by atoms with E-state index in [1.54, 1.807) is 25.1 Å². The number of anilines is 1. The molecule has 0 spiro atoms. The normalized spacial score (nSPS) is 11.4. The van der Waals surface area contributed by atoms with Gasteiger partial charge in [0.15, 0.2) is 11.5 Å². The summed E-state index contributed by atoms with van der Waals surface area (Å²) in [6, 6.07) is 4.37. The van der Waals surface area contributed by atoms with Crippen LogP contribution in [0.15, 0.2) is 18.2 Å². The van der Waals surface area contributed by atoms with Gasteiger partial charge in [0.25, 0.3) is 0 Å². The maximum Gasteiger partial charge on any atom is 0.319 e. The lowest BCUT2D eigenvalue weighted by molar-refractivity contribution is -0.137. The molecule has 3 N–H and O–H groups in total. The fourth-order valence-corrected chi connectivity index (χ4v) is 1.72. The van der Waals surface area contributed by atoms with Gasteiger partial charge in [0.05, 0.1) is 14.2 Å². The number of carboxylic acid groups (broad SMARTS) is 1. The van der Waals surface area contributed by atoms with Crippen molar-refractivity contribution in [3.63, 3.8) is 0 Å². The van der Waals surface area contributed by atoms with Crippen LogP contribution in [0, 0.1) is 0 Å². The zero-order valence-electron chi connectivity index (χ0n) is 12.3. The van der Waals surface area contributed by atoms with Gasteiger partial charge < -0.3 is 25.2 Å². The third-order valence-electron chi connectivity index (χ3n) is 2.81. The Kier molecular flexibility index (Phi) is 6.32. The lowest BCUT2D eigenvalue weighted by Crippen LogP contribution is -2.36. The molecule has 0 fully saturated rings. The van der Waals surface area contributed by atoms with E-state index in [1.165, 1.54) is 14.2 Å². The standard InChI is InChI=1S/C14H20N2O5/c1-9(4-7-13(17)18)15-14(19)16-10-5-6-11(20-2)12(8-10)21-3/h5-6,8-9H,4,7H2,1-3H3,(H,17,18)(H2,15,16,19). The first-order chi connectivity index (χ1) is 9.96. The summed E-state index contributed by atoms with van der Waals surface area (Å²) in [5.74, 6) is 0.191. The lowest BCUT2D eigenvalue weighted by atomic mass is 10.2. The van der Waals surface area contributed by atoms with Crippen molar-refractivity contribution in [1.82, 2.24) is 5.32 Å². The second-order valence-corrected chi connectivity index (χ2v) is 4.50. The number of ether oxygens (including phenoxy) is 2. The molecular formula is C14H20N2O5. The van der Waals surface area contributed by atoms with Crippen LogP contribution in [0.1, 0.15) is 19.8 Å². The molecule has 0 aromatic heterocycles. The van der Waals surface area contributed by atoms with Crippen LogP contribution in [-0.2, 0) is 4.79 Å². The summed E-state index contributed by atoms with van der Waals surface area (Å²) in [4.78, 5) is 22.2. The number of nitrogens with one attached hydrogen (secondary N) is 2. The number of aliphatic carboxylic acids is 1. The van der Waals surface area contributed by atoms with Crippen molar-refractivity contribution in [2.24, 2.45) is 0 Å². The molecule has 1 rings (SSSR count). The number of rotatable bonds is 7. The average molecular weight is 296 g/mol. The van der Waals surface area contributed by atoms with Crippen molar-refractivity contribution in [1.29, 1.82) is 0 Å². The van der Waals surface area contributed by atoms with E-state index in [0.717, 1.165) is 0 Å². The van der Waals surface area contributed by atoms with E-state index in [2.05, 4.69) is 10.6 Å². The van der Waals surface area contributed by atoms with Crippen LogP contribution in [0.5, 0.6) is 11.5 Å². The summed E-state index contributed by atoms with van der Waals surface area (Å²) in [7, 11) is 3.04. The third kappa shape index (κ3) is 5.60. The van der Waals surface area contributed by atoms with Gasteiger partial charge in [-0.2, -0.15) is 0 Å². The first-order valence-corrected chi connectivity index (χ1v) is 6.47. The molecule has 1 atom stereocenters. The highest BCUT2D eigenvalue weighted by Crippen LogP contribution is 2.29. The smallest absolute Gasteiger partial charge is 0.319 e. The first-order valence-electron chi connectivity index (χ1n) is 6.47. The minimum Gasteiger partial charge on any atom is -0.493 e. The molecule has 116 valence electrons. The van der Waals surface area contributed by atoms with Crippen molar-refractivity contribution in [2.45, 2.75) is 25.8 Å². The molecule has 7 heteroatoms. The number of carbonyl (C=O) groups excluding carboxylic acids is 1. The Balaban J connectivity index is 2.56. The van der Waals surface area contributed by atoms with Crippen LogP contribution in [0.25, 0.3) is 0 Å². The fourth-order valence-electron chi connectivity index (χ4n) is 1.72. The van der Waals surface area contributed by atoms with Gasteiger partial charge in [-0.3, -0.25) is 4.79 Å². The highest BCUT2D eigenvalue weighted by Gasteiger charge is 2.10. The van der Waals surface area contributed by atoms with Crippen LogP contribution < -0.4 is 20.1 Å². The second kappa shape index (κ2) is 7.98. The van der Waals surface area contributed by atoms with Crippen molar-refractivity contribution >= 4 is 17.7 Å². The maximum atomic E-state index is 11.8. The molecule has 1 aromatic carbocycles. The molecule has 2 amide bonds.